The largest absolute Gasteiger partial charge is 0.391 e. The van der Waals surface area contributed by atoms with E-state index < -0.39 is 0 Å². The maximum absolute atomic E-state index is 12.6. The van der Waals surface area contributed by atoms with E-state index in [2.05, 4.69) is 27.3 Å². The van der Waals surface area contributed by atoms with E-state index in [-0.39, 0.29) is 17.7 Å². The van der Waals surface area contributed by atoms with Crippen molar-refractivity contribution in [3.63, 3.8) is 0 Å². The van der Waals surface area contributed by atoms with Crippen molar-refractivity contribution in [1.29, 1.82) is 0 Å². The van der Waals surface area contributed by atoms with Gasteiger partial charge in [0.25, 0.3) is 5.56 Å². The lowest BCUT2D eigenvalue weighted by Gasteiger charge is -2.32. The van der Waals surface area contributed by atoms with E-state index in [9.17, 15) is 9.90 Å². The molecule has 2 aliphatic rings. The molecule has 1 aliphatic carbocycles. The van der Waals surface area contributed by atoms with Crippen LogP contribution < -0.4 is 15.8 Å². The molecule has 0 radical (unpaired) electrons. The predicted molar refractivity (Wildman–Crippen MR) is 118 cm³/mol. The van der Waals surface area contributed by atoms with E-state index in [1.165, 1.54) is 0 Å². The first-order chi connectivity index (χ1) is 14.7. The molecule has 2 aromatic heterocycles. The fourth-order valence-electron chi connectivity index (χ4n) is 4.69. The van der Waals surface area contributed by atoms with Crippen molar-refractivity contribution in [2.24, 2.45) is 0 Å². The highest BCUT2D eigenvalue weighted by molar-refractivity contribution is 5.76. The molecule has 0 spiro atoms. The average molecular weight is 406 g/mol. The van der Waals surface area contributed by atoms with E-state index in [0.717, 1.165) is 61.8 Å². The molecule has 1 saturated heterocycles. The summed E-state index contributed by atoms with van der Waals surface area (Å²) in [7, 11) is 0. The van der Waals surface area contributed by atoms with Crippen LogP contribution in [0.15, 0.2) is 47.4 Å². The second-order valence-corrected chi connectivity index (χ2v) is 8.37. The lowest BCUT2D eigenvalue weighted by molar-refractivity contribution is 0.154. The summed E-state index contributed by atoms with van der Waals surface area (Å²) in [5.74, 6) is 0.487. The SMILES string of the molecule is O=c1ccc2cnc(Nc3ccc(N4CCCC(O)C4)cc3)nc2n1C1CCCC1. The van der Waals surface area contributed by atoms with Crippen LogP contribution in [-0.4, -0.2) is 38.8 Å². The minimum Gasteiger partial charge on any atom is -0.391 e. The monoisotopic (exact) mass is 405 g/mol. The zero-order valence-corrected chi connectivity index (χ0v) is 17.0. The van der Waals surface area contributed by atoms with Crippen LogP contribution in [0.4, 0.5) is 17.3 Å². The molecular formula is C23H27N5O2. The Balaban J connectivity index is 1.40. The zero-order chi connectivity index (χ0) is 20.5. The molecule has 0 bridgehead atoms. The van der Waals surface area contributed by atoms with Crippen molar-refractivity contribution in [3.8, 4) is 0 Å². The van der Waals surface area contributed by atoms with Crippen LogP contribution in [0.3, 0.4) is 0 Å². The lowest BCUT2D eigenvalue weighted by atomic mass is 10.1. The van der Waals surface area contributed by atoms with Crippen LogP contribution in [0.25, 0.3) is 11.0 Å². The number of aliphatic hydroxyl groups is 1. The summed E-state index contributed by atoms with van der Waals surface area (Å²) in [6.07, 6.45) is 7.78. The molecule has 3 aromatic rings. The Hall–Kier alpha value is -2.93. The number of hydrogen-bond acceptors (Lipinski definition) is 6. The average Bonchev–Trinajstić information content (AvgIpc) is 3.28. The Morgan fingerprint density at radius 2 is 1.80 bits per heavy atom. The van der Waals surface area contributed by atoms with Crippen molar-refractivity contribution in [3.05, 3.63) is 52.9 Å². The van der Waals surface area contributed by atoms with Crippen molar-refractivity contribution < 1.29 is 5.11 Å². The van der Waals surface area contributed by atoms with Gasteiger partial charge in [-0.3, -0.25) is 9.36 Å². The number of anilines is 3. The summed E-state index contributed by atoms with van der Waals surface area (Å²) < 4.78 is 1.85. The first-order valence-corrected chi connectivity index (χ1v) is 10.9. The predicted octanol–water partition coefficient (Wildman–Crippen LogP) is 3.61. The first kappa shape index (κ1) is 19.1. The molecule has 1 saturated carbocycles. The quantitative estimate of drug-likeness (QED) is 0.690. The fourth-order valence-corrected chi connectivity index (χ4v) is 4.69. The van der Waals surface area contributed by atoms with Gasteiger partial charge in [0.05, 0.1) is 6.10 Å². The van der Waals surface area contributed by atoms with Gasteiger partial charge in [0, 0.05) is 48.2 Å². The van der Waals surface area contributed by atoms with Gasteiger partial charge in [0.1, 0.15) is 5.65 Å². The molecule has 156 valence electrons. The van der Waals surface area contributed by atoms with Crippen LogP contribution in [0.2, 0.25) is 0 Å². The second kappa shape index (κ2) is 8.07. The van der Waals surface area contributed by atoms with E-state index in [4.69, 9.17) is 4.98 Å². The van der Waals surface area contributed by atoms with Gasteiger partial charge < -0.3 is 15.3 Å². The highest BCUT2D eigenvalue weighted by Crippen LogP contribution is 2.30. The Bertz CT molecular complexity index is 1090. The zero-order valence-electron chi connectivity index (χ0n) is 17.0. The standard InChI is InChI=1S/C23H27N5O2/c29-20-6-3-13-27(15-20)18-10-8-17(9-11-18)25-23-24-14-16-7-12-21(30)28(22(16)26-23)19-4-1-2-5-19/h7-12,14,19-20,29H,1-6,13,15H2,(H,24,25,26). The van der Waals surface area contributed by atoms with E-state index in [0.29, 0.717) is 18.1 Å². The van der Waals surface area contributed by atoms with Crippen molar-refractivity contribution in [2.75, 3.05) is 23.3 Å². The number of rotatable bonds is 4. The Morgan fingerprint density at radius 1 is 1.00 bits per heavy atom. The van der Waals surface area contributed by atoms with Gasteiger partial charge in [0.2, 0.25) is 5.95 Å². The topological polar surface area (TPSA) is 83.3 Å². The minimum atomic E-state index is -0.250. The molecule has 30 heavy (non-hydrogen) atoms. The van der Waals surface area contributed by atoms with Gasteiger partial charge in [-0.15, -0.1) is 0 Å². The maximum atomic E-state index is 12.6. The Morgan fingerprint density at radius 3 is 2.57 bits per heavy atom. The molecule has 2 N–H and O–H groups in total. The Kier molecular flexibility index (Phi) is 5.12. The van der Waals surface area contributed by atoms with Crippen molar-refractivity contribution >= 4 is 28.4 Å². The van der Waals surface area contributed by atoms with Gasteiger partial charge in [-0.05, 0) is 56.0 Å². The number of aromatic nitrogens is 3. The van der Waals surface area contributed by atoms with Crippen LogP contribution in [0.1, 0.15) is 44.6 Å². The van der Waals surface area contributed by atoms with Crippen molar-refractivity contribution in [1.82, 2.24) is 14.5 Å². The maximum Gasteiger partial charge on any atom is 0.252 e. The molecule has 0 amide bonds. The molecule has 1 aromatic carbocycles. The van der Waals surface area contributed by atoms with E-state index >= 15 is 0 Å². The molecule has 7 heteroatoms. The van der Waals surface area contributed by atoms with E-state index in [1.807, 2.05) is 16.7 Å². The number of aliphatic hydroxyl groups excluding tert-OH is 1. The van der Waals surface area contributed by atoms with Gasteiger partial charge in [-0.25, -0.2) is 4.98 Å². The highest BCUT2D eigenvalue weighted by atomic mass is 16.3. The third-order valence-electron chi connectivity index (χ3n) is 6.24. The number of β-amino-alcohol motifs (C(OH)–C–C–N with tert-alkyl or cyclic N) is 1. The van der Waals surface area contributed by atoms with Gasteiger partial charge in [-0.1, -0.05) is 12.8 Å². The minimum absolute atomic E-state index is 0.00659. The lowest BCUT2D eigenvalue weighted by Crippen LogP contribution is -2.38. The highest BCUT2D eigenvalue weighted by Gasteiger charge is 2.21. The number of fused-ring (bicyclic) bond motifs is 1. The van der Waals surface area contributed by atoms with Gasteiger partial charge >= 0.3 is 0 Å². The second-order valence-electron chi connectivity index (χ2n) is 8.37. The third-order valence-corrected chi connectivity index (χ3v) is 6.24. The summed E-state index contributed by atoms with van der Waals surface area (Å²) in [4.78, 5) is 23.9. The Labute approximate surface area is 175 Å². The van der Waals surface area contributed by atoms with E-state index in [1.54, 1.807) is 18.3 Å². The van der Waals surface area contributed by atoms with Crippen molar-refractivity contribution in [2.45, 2.75) is 50.7 Å². The molecule has 1 aliphatic heterocycles. The third kappa shape index (κ3) is 3.77. The molecular weight excluding hydrogens is 378 g/mol. The number of nitrogens with zero attached hydrogens (tertiary/aromatic N) is 4. The molecule has 5 rings (SSSR count). The number of piperidine rings is 1. The summed E-state index contributed by atoms with van der Waals surface area (Å²) in [5, 5.41) is 14.0. The van der Waals surface area contributed by atoms with Gasteiger partial charge in [-0.2, -0.15) is 4.98 Å². The summed E-state index contributed by atoms with van der Waals surface area (Å²) in [6, 6.07) is 11.7. The van der Waals surface area contributed by atoms with Crippen LogP contribution >= 0.6 is 0 Å². The van der Waals surface area contributed by atoms with Gasteiger partial charge in [0.15, 0.2) is 0 Å². The number of nitrogens with one attached hydrogen (secondary N) is 1. The fraction of sp³-hybridized carbons (Fsp3) is 0.435. The number of pyridine rings is 1. The number of hydrogen-bond donors (Lipinski definition) is 2. The molecule has 1 unspecified atom stereocenters. The molecule has 2 fully saturated rings. The first-order valence-electron chi connectivity index (χ1n) is 10.9. The normalized spacial score (nSPS) is 20.0. The van der Waals surface area contributed by atoms with Crippen LogP contribution in [-0.2, 0) is 0 Å². The molecule has 3 heterocycles. The molecule has 1 atom stereocenters. The van der Waals surface area contributed by atoms with Crippen LogP contribution in [0, 0.1) is 0 Å². The summed E-state index contributed by atoms with van der Waals surface area (Å²) >= 11 is 0. The molecule has 7 nitrogen and oxygen atoms in total. The smallest absolute Gasteiger partial charge is 0.252 e. The summed E-state index contributed by atoms with van der Waals surface area (Å²) in [6.45, 7) is 1.65. The van der Waals surface area contributed by atoms with Crippen LogP contribution in [0.5, 0.6) is 0 Å². The number of benzene rings is 1. The summed E-state index contributed by atoms with van der Waals surface area (Å²) in [5.41, 5.74) is 2.70.